The average molecular weight is 346 g/mol. The van der Waals surface area contributed by atoms with Crippen LogP contribution >= 0.6 is 0 Å². The number of hydrogen-bond donors (Lipinski definition) is 3. The molecule has 1 aliphatic heterocycles. The van der Waals surface area contributed by atoms with E-state index in [4.69, 9.17) is 4.74 Å². The quantitative estimate of drug-likeness (QED) is 0.482. The second kappa shape index (κ2) is 9.31. The molecule has 0 radical (unpaired) electrons. The molecule has 1 aliphatic rings. The molecule has 8 nitrogen and oxygen atoms in total. The monoisotopic (exact) mass is 346 g/mol. The highest BCUT2D eigenvalue weighted by atomic mass is 16.5. The highest BCUT2D eigenvalue weighted by Crippen LogP contribution is 2.18. The van der Waals surface area contributed by atoms with Gasteiger partial charge in [-0.15, -0.1) is 0 Å². The number of β-amino-alcohol motifs (C(OH)–C–C–N with tert-alkyl or cyclic N) is 1. The number of cyclic esters (lactones) is 1. The molecule has 0 saturated carbocycles. The van der Waals surface area contributed by atoms with Gasteiger partial charge in [-0.2, -0.15) is 0 Å². The van der Waals surface area contributed by atoms with Gasteiger partial charge in [0.15, 0.2) is 0 Å². The van der Waals surface area contributed by atoms with Crippen molar-refractivity contribution in [3.05, 3.63) is 0 Å². The van der Waals surface area contributed by atoms with Gasteiger partial charge in [-0.3, -0.25) is 14.5 Å². The lowest BCUT2D eigenvalue weighted by molar-refractivity contribution is -0.168. The summed E-state index contributed by atoms with van der Waals surface area (Å²) in [6, 6.07) is -0.770. The molecule has 5 unspecified atom stereocenters. The van der Waals surface area contributed by atoms with E-state index in [-0.39, 0.29) is 38.1 Å². The molecule has 1 heterocycles. The van der Waals surface area contributed by atoms with Gasteiger partial charge in [-0.25, -0.2) is 0 Å². The van der Waals surface area contributed by atoms with Crippen molar-refractivity contribution in [3.8, 4) is 0 Å². The minimum atomic E-state index is -0.770. The molecule has 8 heteroatoms. The van der Waals surface area contributed by atoms with Crippen LogP contribution in [0.2, 0.25) is 0 Å². The molecule has 1 rings (SSSR count). The molecular weight excluding hydrogens is 316 g/mol. The smallest absolute Gasteiger partial charge is 0.324 e. The molecule has 0 bridgehead atoms. The Hall–Kier alpha value is -1.22. The largest absolute Gasteiger partial charge is 0.460 e. The third kappa shape index (κ3) is 6.72. The first-order chi connectivity index (χ1) is 11.1. The molecule has 1 saturated heterocycles. The second-order valence-electron chi connectivity index (χ2n) is 6.77. The van der Waals surface area contributed by atoms with E-state index in [9.17, 15) is 24.9 Å². The van der Waals surface area contributed by atoms with Gasteiger partial charge in [0.1, 0.15) is 12.1 Å². The van der Waals surface area contributed by atoms with Crippen molar-refractivity contribution < 1.29 is 29.6 Å². The standard InChI is InChI=1S/C16H30N2O6/c1-10(19)6-17-9-13(4)24-16(23)14(17)5-15(22)18(7-11(2)20)8-12(3)21/h10-14,19-21H,5-9H2,1-4H3. The van der Waals surface area contributed by atoms with Crippen LogP contribution in [-0.2, 0) is 14.3 Å². The molecular formula is C16H30N2O6. The predicted molar refractivity (Wildman–Crippen MR) is 87.2 cm³/mol. The van der Waals surface area contributed by atoms with Crippen molar-refractivity contribution in [3.63, 3.8) is 0 Å². The Balaban J connectivity index is 2.82. The normalized spacial score (nSPS) is 25.7. The minimum absolute atomic E-state index is 0.0817. The van der Waals surface area contributed by atoms with E-state index in [2.05, 4.69) is 0 Å². The summed E-state index contributed by atoms with van der Waals surface area (Å²) in [5.41, 5.74) is 0. The van der Waals surface area contributed by atoms with Crippen LogP contribution in [-0.4, -0.2) is 93.6 Å². The molecule has 1 amide bonds. The van der Waals surface area contributed by atoms with Gasteiger partial charge in [0, 0.05) is 26.2 Å². The Morgan fingerprint density at radius 2 is 1.75 bits per heavy atom. The lowest BCUT2D eigenvalue weighted by Gasteiger charge is -2.38. The summed E-state index contributed by atoms with van der Waals surface area (Å²) in [6.07, 6.45) is -2.52. The molecule has 1 fully saturated rings. The minimum Gasteiger partial charge on any atom is -0.460 e. The Morgan fingerprint density at radius 1 is 1.21 bits per heavy atom. The number of carbonyl (C=O) groups is 2. The number of amides is 1. The van der Waals surface area contributed by atoms with Crippen molar-refractivity contribution in [1.29, 1.82) is 0 Å². The Labute approximate surface area is 143 Å². The van der Waals surface area contributed by atoms with Crippen LogP contribution in [0.3, 0.4) is 0 Å². The second-order valence-corrected chi connectivity index (χ2v) is 6.77. The Morgan fingerprint density at radius 3 is 2.21 bits per heavy atom. The number of aliphatic hydroxyl groups is 3. The van der Waals surface area contributed by atoms with E-state index in [0.717, 1.165) is 0 Å². The molecule has 24 heavy (non-hydrogen) atoms. The molecule has 0 aliphatic carbocycles. The lowest BCUT2D eigenvalue weighted by Crippen LogP contribution is -2.55. The van der Waals surface area contributed by atoms with Crippen LogP contribution in [0.4, 0.5) is 0 Å². The molecule has 5 atom stereocenters. The highest BCUT2D eigenvalue weighted by molar-refractivity contribution is 5.85. The van der Waals surface area contributed by atoms with E-state index in [1.807, 2.05) is 0 Å². The van der Waals surface area contributed by atoms with Gasteiger partial charge in [0.25, 0.3) is 0 Å². The van der Waals surface area contributed by atoms with Crippen molar-refractivity contribution in [2.75, 3.05) is 26.2 Å². The predicted octanol–water partition coefficient (Wildman–Crippen LogP) is -1.04. The van der Waals surface area contributed by atoms with Crippen LogP contribution in [0, 0.1) is 0 Å². The van der Waals surface area contributed by atoms with Crippen LogP contribution < -0.4 is 0 Å². The first kappa shape index (κ1) is 20.8. The number of ether oxygens (including phenoxy) is 1. The fraction of sp³-hybridized carbons (Fsp3) is 0.875. The lowest BCUT2D eigenvalue weighted by atomic mass is 10.1. The summed E-state index contributed by atoms with van der Waals surface area (Å²) in [5, 5.41) is 28.7. The van der Waals surface area contributed by atoms with Crippen molar-refractivity contribution in [2.45, 2.75) is 64.6 Å². The summed E-state index contributed by atoms with van der Waals surface area (Å²) in [6.45, 7) is 7.37. The summed E-state index contributed by atoms with van der Waals surface area (Å²) in [7, 11) is 0. The van der Waals surface area contributed by atoms with Crippen LogP contribution in [0.1, 0.15) is 34.1 Å². The van der Waals surface area contributed by atoms with Crippen molar-refractivity contribution in [1.82, 2.24) is 9.80 Å². The summed E-state index contributed by atoms with van der Waals surface area (Å²) in [4.78, 5) is 27.8. The molecule has 140 valence electrons. The highest BCUT2D eigenvalue weighted by Gasteiger charge is 2.37. The number of rotatable bonds is 8. The maximum atomic E-state index is 12.5. The van der Waals surface area contributed by atoms with Crippen LogP contribution in [0.5, 0.6) is 0 Å². The van der Waals surface area contributed by atoms with Crippen LogP contribution in [0.15, 0.2) is 0 Å². The first-order valence-electron chi connectivity index (χ1n) is 8.36. The maximum absolute atomic E-state index is 12.5. The van der Waals surface area contributed by atoms with E-state index in [0.29, 0.717) is 6.54 Å². The van der Waals surface area contributed by atoms with Gasteiger partial charge >= 0.3 is 5.97 Å². The number of esters is 1. The molecule has 0 aromatic carbocycles. The van der Waals surface area contributed by atoms with Gasteiger partial charge < -0.3 is 25.0 Å². The number of aliphatic hydroxyl groups excluding tert-OH is 3. The van der Waals surface area contributed by atoms with Gasteiger partial charge in [-0.05, 0) is 27.7 Å². The van der Waals surface area contributed by atoms with E-state index in [1.165, 1.54) is 4.90 Å². The summed E-state index contributed by atoms with van der Waals surface area (Å²) in [5.74, 6) is -0.833. The molecule has 0 aromatic heterocycles. The van der Waals surface area contributed by atoms with Crippen LogP contribution in [0.25, 0.3) is 0 Å². The summed E-state index contributed by atoms with van der Waals surface area (Å²) >= 11 is 0. The molecule has 0 spiro atoms. The van der Waals surface area contributed by atoms with Crippen molar-refractivity contribution in [2.24, 2.45) is 0 Å². The zero-order chi connectivity index (χ0) is 18.4. The average Bonchev–Trinajstić information content (AvgIpc) is 2.39. The maximum Gasteiger partial charge on any atom is 0.324 e. The molecule has 3 N–H and O–H groups in total. The van der Waals surface area contributed by atoms with Crippen molar-refractivity contribution >= 4 is 11.9 Å². The fourth-order valence-electron chi connectivity index (χ4n) is 2.88. The molecule has 0 aromatic rings. The van der Waals surface area contributed by atoms with E-state index in [1.54, 1.807) is 32.6 Å². The topological polar surface area (TPSA) is 111 Å². The van der Waals surface area contributed by atoms with Gasteiger partial charge in [0.2, 0.25) is 5.91 Å². The Kier molecular flexibility index (Phi) is 8.08. The zero-order valence-corrected chi connectivity index (χ0v) is 14.9. The SMILES string of the molecule is CC(O)CN(CC(C)O)C(=O)CC1C(=O)OC(C)CN1CC(C)O. The van der Waals surface area contributed by atoms with Gasteiger partial charge in [0.05, 0.1) is 24.7 Å². The number of carbonyl (C=O) groups excluding carboxylic acids is 2. The third-order valence-corrected chi connectivity index (χ3v) is 3.71. The summed E-state index contributed by atoms with van der Waals surface area (Å²) < 4.78 is 5.22. The van der Waals surface area contributed by atoms with E-state index < -0.39 is 30.3 Å². The fourth-order valence-corrected chi connectivity index (χ4v) is 2.88. The number of nitrogens with zero attached hydrogens (tertiary/aromatic N) is 2. The zero-order valence-electron chi connectivity index (χ0n) is 14.9. The third-order valence-electron chi connectivity index (χ3n) is 3.71. The number of morpholine rings is 1. The number of hydrogen-bond acceptors (Lipinski definition) is 7. The Bertz CT molecular complexity index is 415. The van der Waals surface area contributed by atoms with E-state index >= 15 is 0 Å². The first-order valence-corrected chi connectivity index (χ1v) is 8.36. The van der Waals surface area contributed by atoms with Gasteiger partial charge in [-0.1, -0.05) is 0 Å².